The van der Waals surface area contributed by atoms with E-state index in [0.717, 1.165) is 35.7 Å². The van der Waals surface area contributed by atoms with E-state index in [-0.39, 0.29) is 12.0 Å². The molecule has 0 unspecified atom stereocenters. The van der Waals surface area contributed by atoms with Crippen molar-refractivity contribution in [2.24, 2.45) is 0 Å². The molecule has 1 atom stereocenters. The van der Waals surface area contributed by atoms with E-state index >= 15 is 0 Å². The largest absolute Gasteiger partial charge is 0.376 e. The summed E-state index contributed by atoms with van der Waals surface area (Å²) in [6.07, 6.45) is 2.64. The first-order valence-corrected chi connectivity index (χ1v) is 8.07. The van der Waals surface area contributed by atoms with Gasteiger partial charge in [0.25, 0.3) is 0 Å². The van der Waals surface area contributed by atoms with Gasteiger partial charge in [0.1, 0.15) is 5.01 Å². The molecule has 1 aliphatic heterocycles. The third kappa shape index (κ3) is 3.89. The number of hydrogen-bond acceptors (Lipinski definition) is 4. The Kier molecular flexibility index (Phi) is 4.62. The highest BCUT2D eigenvalue weighted by Crippen LogP contribution is 2.23. The smallest absolute Gasteiger partial charge is 0.226 e. The van der Waals surface area contributed by atoms with E-state index in [1.807, 2.05) is 35.7 Å². The van der Waals surface area contributed by atoms with Crippen LogP contribution in [0.5, 0.6) is 0 Å². The number of nitrogens with zero attached hydrogens (tertiary/aromatic N) is 1. The van der Waals surface area contributed by atoms with E-state index in [9.17, 15) is 4.79 Å². The topological polar surface area (TPSA) is 51.2 Å². The Morgan fingerprint density at radius 1 is 1.38 bits per heavy atom. The molecule has 1 aromatic carbocycles. The van der Waals surface area contributed by atoms with E-state index in [2.05, 4.69) is 10.3 Å². The molecule has 1 N–H and O–H groups in total. The van der Waals surface area contributed by atoms with Crippen LogP contribution in [-0.4, -0.2) is 30.1 Å². The zero-order valence-corrected chi connectivity index (χ0v) is 12.6. The van der Waals surface area contributed by atoms with E-state index < -0.39 is 0 Å². The van der Waals surface area contributed by atoms with Gasteiger partial charge in [-0.1, -0.05) is 30.3 Å². The van der Waals surface area contributed by atoms with Crippen LogP contribution in [0.25, 0.3) is 10.6 Å². The van der Waals surface area contributed by atoms with Crippen LogP contribution in [0.3, 0.4) is 0 Å². The fourth-order valence-electron chi connectivity index (χ4n) is 2.36. The molecule has 1 saturated heterocycles. The average molecular weight is 302 g/mol. The Morgan fingerprint density at radius 3 is 3.00 bits per heavy atom. The molecule has 2 heterocycles. The Balaban J connectivity index is 1.53. The van der Waals surface area contributed by atoms with Gasteiger partial charge in [0.2, 0.25) is 5.91 Å². The molecule has 1 amide bonds. The summed E-state index contributed by atoms with van der Waals surface area (Å²) >= 11 is 1.57. The summed E-state index contributed by atoms with van der Waals surface area (Å²) in [6, 6.07) is 10.0. The molecule has 0 saturated carbocycles. The van der Waals surface area contributed by atoms with Crippen LogP contribution >= 0.6 is 11.3 Å². The van der Waals surface area contributed by atoms with Gasteiger partial charge in [-0.05, 0) is 12.8 Å². The summed E-state index contributed by atoms with van der Waals surface area (Å²) < 4.78 is 5.49. The maximum absolute atomic E-state index is 11.9. The van der Waals surface area contributed by atoms with Gasteiger partial charge in [0, 0.05) is 24.1 Å². The molecule has 0 radical (unpaired) electrons. The summed E-state index contributed by atoms with van der Waals surface area (Å²) in [5.74, 6) is 0.00964. The molecular weight excluding hydrogens is 284 g/mol. The lowest BCUT2D eigenvalue weighted by Crippen LogP contribution is -2.32. The van der Waals surface area contributed by atoms with Crippen molar-refractivity contribution in [2.75, 3.05) is 13.2 Å². The minimum absolute atomic E-state index is 0.00964. The van der Waals surface area contributed by atoms with Crippen LogP contribution < -0.4 is 5.32 Å². The van der Waals surface area contributed by atoms with Crippen molar-refractivity contribution >= 4 is 17.2 Å². The number of carbonyl (C=O) groups is 1. The summed E-state index contributed by atoms with van der Waals surface area (Å²) in [5, 5.41) is 5.83. The molecule has 0 bridgehead atoms. The number of carbonyl (C=O) groups excluding carboxylic acids is 1. The van der Waals surface area contributed by atoms with Crippen molar-refractivity contribution in [3.8, 4) is 10.6 Å². The second-order valence-electron chi connectivity index (χ2n) is 5.13. The van der Waals surface area contributed by atoms with E-state index in [1.54, 1.807) is 11.3 Å². The van der Waals surface area contributed by atoms with Crippen molar-refractivity contribution in [2.45, 2.75) is 25.4 Å². The number of aromatic nitrogens is 1. The van der Waals surface area contributed by atoms with Gasteiger partial charge >= 0.3 is 0 Å². The Bertz CT molecular complexity index is 591. The third-order valence-corrected chi connectivity index (χ3v) is 4.41. The summed E-state index contributed by atoms with van der Waals surface area (Å²) in [4.78, 5) is 16.4. The van der Waals surface area contributed by atoms with Gasteiger partial charge in [-0.3, -0.25) is 4.79 Å². The van der Waals surface area contributed by atoms with Crippen molar-refractivity contribution in [1.29, 1.82) is 0 Å². The quantitative estimate of drug-likeness (QED) is 0.924. The fourth-order valence-corrected chi connectivity index (χ4v) is 3.19. The predicted molar refractivity (Wildman–Crippen MR) is 83.2 cm³/mol. The standard InChI is InChI=1S/C16H18N2O2S/c19-15(17-10-14-7-4-8-20-14)9-13-11-21-16(18-13)12-5-2-1-3-6-12/h1-3,5-6,11,14H,4,7-10H2,(H,17,19)/t14-/m1/s1. The third-order valence-electron chi connectivity index (χ3n) is 3.47. The van der Waals surface area contributed by atoms with Gasteiger partial charge in [0.15, 0.2) is 0 Å². The van der Waals surface area contributed by atoms with E-state index in [0.29, 0.717) is 13.0 Å². The average Bonchev–Trinajstić information content (AvgIpc) is 3.17. The molecule has 2 aromatic rings. The summed E-state index contributed by atoms with van der Waals surface area (Å²) in [5.41, 5.74) is 1.91. The lowest BCUT2D eigenvalue weighted by molar-refractivity contribution is -0.121. The van der Waals surface area contributed by atoms with Crippen LogP contribution in [0, 0.1) is 0 Å². The highest BCUT2D eigenvalue weighted by molar-refractivity contribution is 7.13. The van der Waals surface area contributed by atoms with Gasteiger partial charge < -0.3 is 10.1 Å². The fraction of sp³-hybridized carbons (Fsp3) is 0.375. The Hall–Kier alpha value is -1.72. The summed E-state index contributed by atoms with van der Waals surface area (Å²) in [6.45, 7) is 1.42. The lowest BCUT2D eigenvalue weighted by atomic mass is 10.2. The normalized spacial score (nSPS) is 17.8. The number of hydrogen-bond donors (Lipinski definition) is 1. The van der Waals surface area contributed by atoms with Crippen LogP contribution in [0.15, 0.2) is 35.7 Å². The summed E-state index contributed by atoms with van der Waals surface area (Å²) in [7, 11) is 0. The van der Waals surface area contributed by atoms with E-state index in [1.165, 1.54) is 0 Å². The number of thiazole rings is 1. The highest BCUT2D eigenvalue weighted by atomic mass is 32.1. The van der Waals surface area contributed by atoms with Gasteiger partial charge in [-0.15, -0.1) is 11.3 Å². The minimum Gasteiger partial charge on any atom is -0.376 e. The first-order valence-electron chi connectivity index (χ1n) is 7.19. The molecule has 3 rings (SSSR count). The number of rotatable bonds is 5. The molecule has 110 valence electrons. The number of benzene rings is 1. The van der Waals surface area contributed by atoms with Gasteiger partial charge in [-0.2, -0.15) is 0 Å². The molecule has 0 aliphatic carbocycles. The molecule has 1 fully saturated rings. The number of ether oxygens (including phenoxy) is 1. The maximum Gasteiger partial charge on any atom is 0.226 e. The molecule has 4 nitrogen and oxygen atoms in total. The molecule has 1 aliphatic rings. The Morgan fingerprint density at radius 2 is 2.24 bits per heavy atom. The maximum atomic E-state index is 11.9. The second-order valence-corrected chi connectivity index (χ2v) is 5.98. The first kappa shape index (κ1) is 14.2. The van der Waals surface area contributed by atoms with Crippen molar-refractivity contribution in [3.05, 3.63) is 41.4 Å². The predicted octanol–water partition coefficient (Wildman–Crippen LogP) is 2.65. The molecule has 21 heavy (non-hydrogen) atoms. The van der Waals surface area contributed by atoms with Crippen LogP contribution in [-0.2, 0) is 16.0 Å². The lowest BCUT2D eigenvalue weighted by Gasteiger charge is -2.09. The van der Waals surface area contributed by atoms with E-state index in [4.69, 9.17) is 4.74 Å². The van der Waals surface area contributed by atoms with Crippen LogP contribution in [0.1, 0.15) is 18.5 Å². The SMILES string of the molecule is O=C(Cc1csc(-c2ccccc2)n1)NC[C@H]1CCCO1. The van der Waals surface area contributed by atoms with Crippen molar-refractivity contribution < 1.29 is 9.53 Å². The Labute approximate surface area is 128 Å². The van der Waals surface area contributed by atoms with Crippen LogP contribution in [0.2, 0.25) is 0 Å². The minimum atomic E-state index is 0.00964. The molecule has 5 heteroatoms. The highest BCUT2D eigenvalue weighted by Gasteiger charge is 2.16. The number of amides is 1. The monoisotopic (exact) mass is 302 g/mol. The molecule has 0 spiro atoms. The van der Waals surface area contributed by atoms with Crippen molar-refractivity contribution in [1.82, 2.24) is 10.3 Å². The zero-order chi connectivity index (χ0) is 14.5. The zero-order valence-electron chi connectivity index (χ0n) is 11.7. The van der Waals surface area contributed by atoms with Crippen LogP contribution in [0.4, 0.5) is 0 Å². The molecular formula is C16H18N2O2S. The van der Waals surface area contributed by atoms with Crippen molar-refractivity contribution in [3.63, 3.8) is 0 Å². The second kappa shape index (κ2) is 6.83. The first-order chi connectivity index (χ1) is 10.3. The van der Waals surface area contributed by atoms with Gasteiger partial charge in [0.05, 0.1) is 18.2 Å². The molecule has 1 aromatic heterocycles. The van der Waals surface area contributed by atoms with Gasteiger partial charge in [-0.25, -0.2) is 4.98 Å². The number of nitrogens with one attached hydrogen (secondary N) is 1.